The van der Waals surface area contributed by atoms with Crippen molar-refractivity contribution in [1.29, 1.82) is 0 Å². The Morgan fingerprint density at radius 1 is 0.500 bits per heavy atom. The van der Waals surface area contributed by atoms with Crippen LogP contribution in [0.2, 0.25) is 0 Å². The largest absolute Gasteiger partial charge is 2.00 e. The summed E-state index contributed by atoms with van der Waals surface area (Å²) in [6.45, 7) is 17.6. The zero-order valence-electron chi connectivity index (χ0n) is 13.2. The Morgan fingerprint density at radius 2 is 0.542 bits per heavy atom. The molecule has 0 spiro atoms. The molecule has 0 N–H and O–H groups in total. The van der Waals surface area contributed by atoms with Gasteiger partial charge in [-0.2, -0.15) is 0 Å². The standard InChI is InChI=1S/4C3H4O2.C2H4.2Zn/c4*1-2-3(4)5;1-2;;/h4*2H,1H2,(H,4,5);1-2H2;;/q;;;;;2*+2/p-4. The molecule has 0 aliphatic heterocycles. The molecule has 0 amide bonds. The van der Waals surface area contributed by atoms with Crippen LogP contribution in [-0.2, 0) is 58.1 Å². The summed E-state index contributed by atoms with van der Waals surface area (Å²) >= 11 is 0. The second-order valence-corrected chi connectivity index (χ2v) is 2.09. The fraction of sp³-hybridized carbons (Fsp3) is 0. The molecule has 0 aromatic carbocycles. The van der Waals surface area contributed by atoms with Gasteiger partial charge in [0.05, 0.1) is 23.9 Å². The van der Waals surface area contributed by atoms with Gasteiger partial charge in [0.15, 0.2) is 0 Å². The molecule has 0 aliphatic rings. The van der Waals surface area contributed by atoms with Crippen molar-refractivity contribution in [2.75, 3.05) is 0 Å². The van der Waals surface area contributed by atoms with E-state index in [1.54, 1.807) is 0 Å². The average Bonchev–Trinajstić information content (AvgIpc) is 2.50. The molecule has 0 unspecified atom stereocenters. The van der Waals surface area contributed by atoms with Gasteiger partial charge < -0.3 is 39.6 Å². The zero-order valence-corrected chi connectivity index (χ0v) is 19.2. The Labute approximate surface area is 166 Å². The Morgan fingerprint density at radius 3 is 0.542 bits per heavy atom. The van der Waals surface area contributed by atoms with Crippen molar-refractivity contribution in [3.05, 3.63) is 63.8 Å². The quantitative estimate of drug-likeness (QED) is 0.246. The molecule has 0 fully saturated rings. The van der Waals surface area contributed by atoms with E-state index in [4.69, 9.17) is 39.6 Å². The van der Waals surface area contributed by atoms with Crippen LogP contribution >= 0.6 is 0 Å². The zero-order chi connectivity index (χ0) is 19.1. The van der Waals surface area contributed by atoms with E-state index in [1.165, 1.54) is 0 Å². The molecule has 0 saturated carbocycles. The van der Waals surface area contributed by atoms with Crippen molar-refractivity contribution in [2.45, 2.75) is 0 Å². The van der Waals surface area contributed by atoms with E-state index >= 15 is 0 Å². The van der Waals surface area contributed by atoms with E-state index in [0.717, 1.165) is 24.3 Å². The molecule has 124 valence electrons. The van der Waals surface area contributed by atoms with Gasteiger partial charge in [-0.1, -0.05) is 26.3 Å². The summed E-state index contributed by atoms with van der Waals surface area (Å²) in [7, 11) is 0. The number of hydrogen-bond donors (Lipinski definition) is 0. The van der Waals surface area contributed by atoms with E-state index < -0.39 is 23.9 Å². The molecule has 0 bridgehead atoms. The minimum atomic E-state index is -1.23. The molecular formula is C14H16O8Zn2. The van der Waals surface area contributed by atoms with Crippen molar-refractivity contribution in [1.82, 2.24) is 0 Å². The summed E-state index contributed by atoms with van der Waals surface area (Å²) in [5.74, 6) is -4.93. The van der Waals surface area contributed by atoms with Gasteiger partial charge in [0.25, 0.3) is 0 Å². The van der Waals surface area contributed by atoms with E-state index in [1.807, 2.05) is 0 Å². The molecule has 0 aromatic rings. The van der Waals surface area contributed by atoms with E-state index in [2.05, 4.69) is 39.5 Å². The van der Waals surface area contributed by atoms with Crippen molar-refractivity contribution < 1.29 is 78.6 Å². The van der Waals surface area contributed by atoms with Crippen LogP contribution in [0.5, 0.6) is 0 Å². The van der Waals surface area contributed by atoms with Crippen LogP contribution in [0.3, 0.4) is 0 Å². The fourth-order valence-electron chi connectivity index (χ4n) is 0. The van der Waals surface area contributed by atoms with Crippen LogP contribution in [0, 0.1) is 0 Å². The fourth-order valence-corrected chi connectivity index (χ4v) is 0. The van der Waals surface area contributed by atoms with E-state index in [0.29, 0.717) is 0 Å². The smallest absolute Gasteiger partial charge is 0.545 e. The molecule has 0 aliphatic carbocycles. The van der Waals surface area contributed by atoms with Crippen molar-refractivity contribution in [3.8, 4) is 0 Å². The topological polar surface area (TPSA) is 161 Å². The first-order chi connectivity index (χ1) is 10.1. The molecule has 8 nitrogen and oxygen atoms in total. The Balaban J connectivity index is -0.0000000302. The van der Waals surface area contributed by atoms with Gasteiger partial charge in [0.1, 0.15) is 0 Å². The molecule has 0 saturated heterocycles. The first-order valence-electron chi connectivity index (χ1n) is 4.92. The second kappa shape index (κ2) is 42.8. The van der Waals surface area contributed by atoms with Crippen LogP contribution in [0.1, 0.15) is 0 Å². The molecule has 0 rings (SSSR count). The number of carboxylic acids is 4. The van der Waals surface area contributed by atoms with Crippen LogP contribution in [-0.4, -0.2) is 23.9 Å². The van der Waals surface area contributed by atoms with Crippen LogP contribution in [0.4, 0.5) is 0 Å². The number of carboxylic acid groups (broad SMARTS) is 4. The van der Waals surface area contributed by atoms with Crippen LogP contribution in [0.15, 0.2) is 63.8 Å². The molecular weight excluding hydrogens is 427 g/mol. The van der Waals surface area contributed by atoms with Gasteiger partial charge in [-0.05, 0) is 24.3 Å². The van der Waals surface area contributed by atoms with Gasteiger partial charge in [-0.25, -0.2) is 0 Å². The van der Waals surface area contributed by atoms with Crippen molar-refractivity contribution >= 4 is 23.9 Å². The maximum absolute atomic E-state index is 9.14. The van der Waals surface area contributed by atoms with E-state index in [-0.39, 0.29) is 39.0 Å². The summed E-state index contributed by atoms with van der Waals surface area (Å²) in [5.41, 5.74) is 0. The third-order valence-electron chi connectivity index (χ3n) is 0.667. The summed E-state index contributed by atoms with van der Waals surface area (Å²) in [4.78, 5) is 36.6. The second-order valence-electron chi connectivity index (χ2n) is 2.09. The summed E-state index contributed by atoms with van der Waals surface area (Å²) in [6, 6.07) is 0. The third kappa shape index (κ3) is 207. The Hall–Kier alpha value is -2.17. The van der Waals surface area contributed by atoms with Gasteiger partial charge >= 0.3 is 39.0 Å². The van der Waals surface area contributed by atoms with Gasteiger partial charge in [-0.3, -0.25) is 0 Å². The maximum Gasteiger partial charge on any atom is 2.00 e. The van der Waals surface area contributed by atoms with Gasteiger partial charge in [0.2, 0.25) is 0 Å². The molecule has 0 aromatic heterocycles. The number of aliphatic carboxylic acids is 4. The molecule has 0 radical (unpaired) electrons. The first-order valence-corrected chi connectivity index (χ1v) is 4.92. The predicted octanol–water partition coefficient (Wildman–Crippen LogP) is -3.51. The normalized spacial score (nSPS) is 5.50. The molecule has 0 heterocycles. The first kappa shape index (κ1) is 43.1. The van der Waals surface area contributed by atoms with Crippen LogP contribution in [0.25, 0.3) is 0 Å². The Bertz CT molecular complexity index is 320. The predicted molar refractivity (Wildman–Crippen MR) is 72.1 cm³/mol. The Kier molecular flexibility index (Phi) is 76.8. The van der Waals surface area contributed by atoms with Gasteiger partial charge in [-0.15, -0.1) is 13.2 Å². The molecule has 24 heavy (non-hydrogen) atoms. The average molecular weight is 443 g/mol. The minimum Gasteiger partial charge on any atom is -0.545 e. The maximum atomic E-state index is 9.14. The summed E-state index contributed by atoms with van der Waals surface area (Å²) in [5, 5.41) is 36.6. The number of carbonyl (C=O) groups is 4. The number of carbonyl (C=O) groups excluding carboxylic acids is 4. The van der Waals surface area contributed by atoms with E-state index in [9.17, 15) is 0 Å². The van der Waals surface area contributed by atoms with Crippen molar-refractivity contribution in [3.63, 3.8) is 0 Å². The number of hydrogen-bond acceptors (Lipinski definition) is 8. The summed E-state index contributed by atoms with van der Waals surface area (Å²) < 4.78 is 0. The van der Waals surface area contributed by atoms with Crippen LogP contribution < -0.4 is 20.4 Å². The SMILES string of the molecule is C=C.C=CC(=O)[O-].C=CC(=O)[O-].C=CC(=O)[O-].C=CC(=O)[O-].[Zn+2].[Zn+2]. The monoisotopic (exact) mass is 440 g/mol. The minimum absolute atomic E-state index is 0. The van der Waals surface area contributed by atoms with Gasteiger partial charge in [0, 0.05) is 0 Å². The molecule has 10 heteroatoms. The van der Waals surface area contributed by atoms with Crippen molar-refractivity contribution in [2.24, 2.45) is 0 Å². The third-order valence-corrected chi connectivity index (χ3v) is 0.667. The summed E-state index contributed by atoms with van der Waals surface area (Å²) in [6.07, 6.45) is 2.89. The molecule has 0 atom stereocenters. The number of rotatable bonds is 4.